The van der Waals surface area contributed by atoms with Gasteiger partial charge >= 0.3 is 0 Å². The molecule has 242 valence electrons. The van der Waals surface area contributed by atoms with Gasteiger partial charge in [-0.05, 0) is 40.1 Å². The van der Waals surface area contributed by atoms with E-state index in [0.717, 1.165) is 61.9 Å². The Morgan fingerprint density at radius 3 is 1.49 bits per heavy atom. The van der Waals surface area contributed by atoms with E-state index >= 15 is 0 Å². The first kappa shape index (κ1) is 30.7. The van der Waals surface area contributed by atoms with Crippen molar-refractivity contribution in [3.63, 3.8) is 0 Å². The third-order valence-electron chi connectivity index (χ3n) is 9.86. The summed E-state index contributed by atoms with van der Waals surface area (Å²) in [5, 5.41) is 2.62. The van der Waals surface area contributed by atoms with Crippen LogP contribution in [0.3, 0.4) is 0 Å². The molecule has 0 amide bonds. The normalized spacial score (nSPS) is 12.7. The third-order valence-corrected chi connectivity index (χ3v) is 13.2. The summed E-state index contributed by atoms with van der Waals surface area (Å²) in [6, 6.07) is 59.2. The Balaban J connectivity index is 1.18. The molecule has 0 radical (unpaired) electrons. The van der Waals surface area contributed by atoms with E-state index in [4.69, 9.17) is 19.9 Å². The smallest absolute Gasteiger partial charge is 0.160 e. The summed E-state index contributed by atoms with van der Waals surface area (Å²) in [4.78, 5) is 20.7. The standard InChI is InChI=1S/C46H34N4Si/c1-51(2)41-27-13-12-26-38(41)42-43(49-45(50-46(42)51)33-20-10-5-11-21-33)37-25-15-23-35(29-37)34-22-14-24-36(28-34)40-30-39(31-16-6-3-7-17-31)47-44(48-40)32-18-8-4-9-19-32/h3-30H,1-2H3. The minimum atomic E-state index is -2.05. The third kappa shape index (κ3) is 5.58. The molecule has 4 nitrogen and oxygen atoms in total. The van der Waals surface area contributed by atoms with Crippen LogP contribution in [-0.4, -0.2) is 28.0 Å². The van der Waals surface area contributed by atoms with Gasteiger partial charge in [-0.15, -0.1) is 0 Å². The average Bonchev–Trinajstić information content (AvgIpc) is 3.44. The maximum atomic E-state index is 5.32. The molecule has 0 fully saturated rings. The molecular weight excluding hydrogens is 637 g/mol. The van der Waals surface area contributed by atoms with Crippen LogP contribution in [0, 0.1) is 0 Å². The Kier molecular flexibility index (Phi) is 7.56. The van der Waals surface area contributed by atoms with E-state index in [1.807, 2.05) is 42.5 Å². The molecule has 0 spiro atoms. The first-order chi connectivity index (χ1) is 25.0. The number of rotatable bonds is 6. The predicted octanol–water partition coefficient (Wildman–Crippen LogP) is 10.1. The van der Waals surface area contributed by atoms with E-state index in [2.05, 4.69) is 140 Å². The van der Waals surface area contributed by atoms with Crippen LogP contribution in [-0.2, 0) is 0 Å². The number of aromatic nitrogens is 4. The highest BCUT2D eigenvalue weighted by Gasteiger charge is 2.41. The average molecular weight is 671 g/mol. The highest BCUT2D eigenvalue weighted by molar-refractivity contribution is 7.03. The van der Waals surface area contributed by atoms with Gasteiger partial charge in [-0.3, -0.25) is 0 Å². The summed E-state index contributed by atoms with van der Waals surface area (Å²) >= 11 is 0. The van der Waals surface area contributed by atoms with Gasteiger partial charge < -0.3 is 0 Å². The number of hydrogen-bond acceptors (Lipinski definition) is 4. The highest BCUT2D eigenvalue weighted by Crippen LogP contribution is 2.38. The summed E-state index contributed by atoms with van der Waals surface area (Å²) in [5.41, 5.74) is 12.6. The SMILES string of the molecule is C[Si]1(C)c2ccccc2-c2c(-c3cccc(-c4cccc(-c5cc(-c6ccccc6)nc(-c6ccccc6)n5)c4)c3)nc(-c3ccccc3)nc21. The molecule has 0 saturated carbocycles. The van der Waals surface area contributed by atoms with Crippen molar-refractivity contribution < 1.29 is 0 Å². The zero-order chi connectivity index (χ0) is 34.4. The van der Waals surface area contributed by atoms with Crippen molar-refractivity contribution in [1.29, 1.82) is 0 Å². The Morgan fingerprint density at radius 1 is 0.373 bits per heavy atom. The molecule has 9 rings (SSSR count). The minimum Gasteiger partial charge on any atom is -0.237 e. The van der Waals surface area contributed by atoms with Crippen LogP contribution in [0.5, 0.6) is 0 Å². The molecular formula is C46H34N4Si. The van der Waals surface area contributed by atoms with E-state index in [1.165, 1.54) is 21.6 Å². The Hall–Kier alpha value is -6.30. The van der Waals surface area contributed by atoms with Gasteiger partial charge in [0.2, 0.25) is 0 Å². The molecule has 3 heterocycles. The summed E-state index contributed by atoms with van der Waals surface area (Å²) in [7, 11) is -2.05. The number of hydrogen-bond donors (Lipinski definition) is 0. The van der Waals surface area contributed by atoms with Crippen molar-refractivity contribution in [3.05, 3.63) is 170 Å². The van der Waals surface area contributed by atoms with E-state index in [0.29, 0.717) is 5.82 Å². The molecule has 8 aromatic rings. The van der Waals surface area contributed by atoms with Gasteiger partial charge in [0, 0.05) is 38.7 Å². The number of fused-ring (bicyclic) bond motifs is 3. The Bertz CT molecular complexity index is 2490. The van der Waals surface area contributed by atoms with E-state index in [-0.39, 0.29) is 0 Å². The lowest BCUT2D eigenvalue weighted by Gasteiger charge is -2.19. The van der Waals surface area contributed by atoms with Gasteiger partial charge in [-0.2, -0.15) is 0 Å². The molecule has 2 aromatic heterocycles. The number of nitrogens with zero attached hydrogens (tertiary/aromatic N) is 4. The molecule has 0 atom stereocenters. The van der Waals surface area contributed by atoms with E-state index < -0.39 is 8.07 Å². The van der Waals surface area contributed by atoms with Crippen molar-refractivity contribution in [2.45, 2.75) is 13.1 Å². The van der Waals surface area contributed by atoms with Gasteiger partial charge in [0.25, 0.3) is 0 Å². The molecule has 0 saturated heterocycles. The first-order valence-electron chi connectivity index (χ1n) is 17.3. The minimum absolute atomic E-state index is 0.706. The van der Waals surface area contributed by atoms with Crippen LogP contribution in [0.4, 0.5) is 0 Å². The molecule has 0 aliphatic carbocycles. The van der Waals surface area contributed by atoms with Gasteiger partial charge in [0.05, 0.1) is 17.1 Å². The fourth-order valence-electron chi connectivity index (χ4n) is 7.24. The van der Waals surface area contributed by atoms with Crippen molar-refractivity contribution >= 4 is 18.6 Å². The van der Waals surface area contributed by atoms with E-state index in [1.54, 1.807) is 0 Å². The van der Waals surface area contributed by atoms with Crippen LogP contribution in [0.25, 0.3) is 78.8 Å². The largest absolute Gasteiger partial charge is 0.237 e. The van der Waals surface area contributed by atoms with Crippen LogP contribution < -0.4 is 10.5 Å². The zero-order valence-electron chi connectivity index (χ0n) is 28.5. The monoisotopic (exact) mass is 670 g/mol. The lowest BCUT2D eigenvalue weighted by molar-refractivity contribution is 1.18. The lowest BCUT2D eigenvalue weighted by Crippen LogP contribution is -2.50. The molecule has 6 aromatic carbocycles. The van der Waals surface area contributed by atoms with Crippen LogP contribution in [0.15, 0.2) is 170 Å². The second-order valence-corrected chi connectivity index (χ2v) is 17.8. The molecule has 0 unspecified atom stereocenters. The molecule has 51 heavy (non-hydrogen) atoms. The summed E-state index contributed by atoms with van der Waals surface area (Å²) in [6.07, 6.45) is 0. The molecule has 5 heteroatoms. The molecule has 0 N–H and O–H groups in total. The topological polar surface area (TPSA) is 51.6 Å². The van der Waals surface area contributed by atoms with Crippen molar-refractivity contribution in [1.82, 2.24) is 19.9 Å². The fraction of sp³-hybridized carbons (Fsp3) is 0.0435. The van der Waals surface area contributed by atoms with Crippen LogP contribution in [0.1, 0.15) is 0 Å². The summed E-state index contributed by atoms with van der Waals surface area (Å²) < 4.78 is 0. The maximum absolute atomic E-state index is 5.32. The van der Waals surface area contributed by atoms with Gasteiger partial charge in [-0.1, -0.05) is 165 Å². The summed E-state index contributed by atoms with van der Waals surface area (Å²) in [5.74, 6) is 1.48. The number of benzene rings is 6. The van der Waals surface area contributed by atoms with Crippen molar-refractivity contribution in [2.24, 2.45) is 0 Å². The Morgan fingerprint density at radius 2 is 0.843 bits per heavy atom. The molecule has 1 aliphatic heterocycles. The van der Waals surface area contributed by atoms with E-state index in [9.17, 15) is 0 Å². The van der Waals surface area contributed by atoms with Crippen LogP contribution >= 0.6 is 0 Å². The molecule has 0 bridgehead atoms. The second kappa shape index (κ2) is 12.5. The van der Waals surface area contributed by atoms with Crippen molar-refractivity contribution in [2.75, 3.05) is 0 Å². The lowest BCUT2D eigenvalue weighted by atomic mass is 9.96. The van der Waals surface area contributed by atoms with Gasteiger partial charge in [0.15, 0.2) is 11.6 Å². The first-order valence-corrected chi connectivity index (χ1v) is 20.3. The highest BCUT2D eigenvalue weighted by atomic mass is 28.3. The summed E-state index contributed by atoms with van der Waals surface area (Å²) in [6.45, 7) is 4.81. The van der Waals surface area contributed by atoms with Gasteiger partial charge in [0.1, 0.15) is 8.07 Å². The predicted molar refractivity (Wildman–Crippen MR) is 212 cm³/mol. The molecule has 1 aliphatic rings. The van der Waals surface area contributed by atoms with Gasteiger partial charge in [-0.25, -0.2) is 19.9 Å². The second-order valence-electron chi connectivity index (χ2n) is 13.5. The maximum Gasteiger partial charge on any atom is 0.160 e. The quantitative estimate of drug-likeness (QED) is 0.165. The Labute approximate surface area is 299 Å². The fourth-order valence-corrected chi connectivity index (χ4v) is 10.2. The van der Waals surface area contributed by atoms with Crippen molar-refractivity contribution in [3.8, 4) is 78.8 Å². The zero-order valence-corrected chi connectivity index (χ0v) is 29.5. The van der Waals surface area contributed by atoms with Crippen LogP contribution in [0.2, 0.25) is 13.1 Å².